The summed E-state index contributed by atoms with van der Waals surface area (Å²) in [5, 5.41) is 0. The van der Waals surface area contributed by atoms with E-state index in [9.17, 15) is 4.79 Å². The fourth-order valence-electron chi connectivity index (χ4n) is 1.77. The summed E-state index contributed by atoms with van der Waals surface area (Å²) in [7, 11) is 1.61. The highest BCUT2D eigenvalue weighted by Crippen LogP contribution is 2.30. The number of aliphatic imine (C=N–C) groups is 1. The average Bonchev–Trinajstić information content (AvgIpc) is 2.29. The van der Waals surface area contributed by atoms with E-state index in [1.165, 1.54) is 6.21 Å². The third kappa shape index (κ3) is 1.89. The van der Waals surface area contributed by atoms with Crippen LogP contribution in [0.4, 0.5) is 0 Å². The van der Waals surface area contributed by atoms with Gasteiger partial charge >= 0.3 is 0 Å². The number of ether oxygens (including phenoxy) is 1. The van der Waals surface area contributed by atoms with E-state index in [4.69, 9.17) is 4.74 Å². The molecule has 16 heavy (non-hydrogen) atoms. The van der Waals surface area contributed by atoms with Crippen molar-refractivity contribution in [2.45, 2.75) is 12.8 Å². The van der Waals surface area contributed by atoms with Crippen LogP contribution in [0.15, 0.2) is 35.3 Å². The van der Waals surface area contributed by atoms with Gasteiger partial charge in [-0.3, -0.25) is 4.79 Å². The molecule has 2 rings (SSSR count). The molecule has 1 aliphatic rings. The minimum Gasteiger partial charge on any atom is -0.496 e. The van der Waals surface area contributed by atoms with E-state index in [0.717, 1.165) is 16.9 Å². The Morgan fingerprint density at radius 2 is 2.19 bits per heavy atom. The molecule has 0 saturated carbocycles. The first kappa shape index (κ1) is 10.6. The molecule has 82 valence electrons. The number of rotatable bonds is 2. The minimum atomic E-state index is -0.320. The lowest BCUT2D eigenvalue weighted by Gasteiger charge is -2.15. The topological polar surface area (TPSA) is 38.7 Å². The molecule has 0 aromatic heterocycles. The molecule has 3 heteroatoms. The number of dihydropyridines is 1. The van der Waals surface area contributed by atoms with Gasteiger partial charge in [-0.25, -0.2) is 4.99 Å². The van der Waals surface area contributed by atoms with Gasteiger partial charge in [-0.1, -0.05) is 23.8 Å². The largest absolute Gasteiger partial charge is 0.496 e. The van der Waals surface area contributed by atoms with Crippen LogP contribution >= 0.6 is 0 Å². The summed E-state index contributed by atoms with van der Waals surface area (Å²) in [6, 6.07) is 5.80. The predicted molar refractivity (Wildman–Crippen MR) is 63.1 cm³/mol. The van der Waals surface area contributed by atoms with E-state index in [-0.39, 0.29) is 11.8 Å². The molecule has 0 spiro atoms. The van der Waals surface area contributed by atoms with E-state index in [1.807, 2.05) is 31.2 Å². The zero-order valence-electron chi connectivity index (χ0n) is 9.31. The van der Waals surface area contributed by atoms with E-state index < -0.39 is 0 Å². The van der Waals surface area contributed by atoms with Gasteiger partial charge < -0.3 is 4.74 Å². The lowest BCUT2D eigenvalue weighted by Crippen LogP contribution is -2.12. The number of aryl methyl sites for hydroxylation is 1. The van der Waals surface area contributed by atoms with Crippen molar-refractivity contribution < 1.29 is 9.53 Å². The Hall–Kier alpha value is -1.90. The van der Waals surface area contributed by atoms with Crippen molar-refractivity contribution in [2.24, 2.45) is 4.99 Å². The van der Waals surface area contributed by atoms with Crippen molar-refractivity contribution in [3.05, 3.63) is 41.5 Å². The van der Waals surface area contributed by atoms with Crippen LogP contribution in [0, 0.1) is 6.92 Å². The minimum absolute atomic E-state index is 0.147. The van der Waals surface area contributed by atoms with Crippen LogP contribution in [0.25, 0.3) is 0 Å². The van der Waals surface area contributed by atoms with Crippen molar-refractivity contribution in [1.29, 1.82) is 0 Å². The molecular formula is C13H13NO2. The Morgan fingerprint density at radius 3 is 2.88 bits per heavy atom. The van der Waals surface area contributed by atoms with Crippen LogP contribution in [0.3, 0.4) is 0 Å². The number of allylic oxidation sites excluding steroid dienone is 1. The van der Waals surface area contributed by atoms with Crippen LogP contribution in [0.1, 0.15) is 17.0 Å². The summed E-state index contributed by atoms with van der Waals surface area (Å²) >= 11 is 0. The fourth-order valence-corrected chi connectivity index (χ4v) is 1.77. The van der Waals surface area contributed by atoms with Crippen molar-refractivity contribution in [3.8, 4) is 5.75 Å². The number of carbonyl (C=O) groups excluding carboxylic acids is 1. The second kappa shape index (κ2) is 4.31. The summed E-state index contributed by atoms with van der Waals surface area (Å²) < 4.78 is 5.26. The average molecular weight is 215 g/mol. The normalized spacial score (nSPS) is 18.9. The Labute approximate surface area is 94.5 Å². The third-order valence-electron chi connectivity index (χ3n) is 2.58. The van der Waals surface area contributed by atoms with Crippen molar-refractivity contribution >= 4 is 12.1 Å². The zero-order chi connectivity index (χ0) is 11.5. The number of carbonyl (C=O) groups is 1. The second-order valence-corrected chi connectivity index (χ2v) is 3.72. The van der Waals surface area contributed by atoms with Gasteiger partial charge in [-0.2, -0.15) is 0 Å². The lowest BCUT2D eigenvalue weighted by molar-refractivity contribution is -0.118. The Balaban J connectivity index is 2.46. The van der Waals surface area contributed by atoms with E-state index in [0.29, 0.717) is 0 Å². The molecule has 1 amide bonds. The van der Waals surface area contributed by atoms with Crippen molar-refractivity contribution in [2.75, 3.05) is 7.11 Å². The zero-order valence-corrected chi connectivity index (χ0v) is 9.31. The van der Waals surface area contributed by atoms with Gasteiger partial charge in [0.2, 0.25) is 0 Å². The van der Waals surface area contributed by atoms with Crippen molar-refractivity contribution in [1.82, 2.24) is 0 Å². The summed E-state index contributed by atoms with van der Waals surface area (Å²) in [6.07, 6.45) is 5.14. The molecule has 0 fully saturated rings. The van der Waals surface area contributed by atoms with Gasteiger partial charge in [-0.15, -0.1) is 0 Å². The molecule has 1 atom stereocenters. The number of methoxy groups -OCH3 is 1. The van der Waals surface area contributed by atoms with Gasteiger partial charge in [0.25, 0.3) is 5.91 Å². The standard InChI is InChI=1S/C13H13NO2/c1-9-5-6-12(16-2)11(8-9)10-4-3-7-14-13(10)15/h3-8,10H,1-2H3. The molecule has 0 saturated heterocycles. The van der Waals surface area contributed by atoms with Crippen LogP contribution in [-0.4, -0.2) is 19.2 Å². The summed E-state index contributed by atoms with van der Waals surface area (Å²) in [5.41, 5.74) is 1.98. The van der Waals surface area contributed by atoms with Crippen LogP contribution < -0.4 is 4.74 Å². The third-order valence-corrected chi connectivity index (χ3v) is 2.58. The van der Waals surface area contributed by atoms with Crippen LogP contribution in [0.5, 0.6) is 5.75 Å². The molecule has 0 radical (unpaired) electrons. The highest BCUT2D eigenvalue weighted by Gasteiger charge is 2.22. The highest BCUT2D eigenvalue weighted by atomic mass is 16.5. The molecule has 0 aliphatic carbocycles. The first-order chi connectivity index (χ1) is 7.72. The fraction of sp³-hybridized carbons (Fsp3) is 0.231. The number of benzene rings is 1. The highest BCUT2D eigenvalue weighted by molar-refractivity contribution is 5.97. The van der Waals surface area contributed by atoms with E-state index in [2.05, 4.69) is 4.99 Å². The van der Waals surface area contributed by atoms with E-state index >= 15 is 0 Å². The van der Waals surface area contributed by atoms with Gasteiger partial charge in [0.05, 0.1) is 13.0 Å². The number of hydrogen-bond acceptors (Lipinski definition) is 2. The summed E-state index contributed by atoms with van der Waals surface area (Å²) in [5.74, 6) is 0.261. The van der Waals surface area contributed by atoms with Gasteiger partial charge in [0.1, 0.15) is 5.75 Å². The van der Waals surface area contributed by atoms with Gasteiger partial charge in [0.15, 0.2) is 0 Å². The maximum absolute atomic E-state index is 11.7. The SMILES string of the molecule is COc1ccc(C)cc1C1C=CC=NC1=O. The maximum Gasteiger partial charge on any atom is 0.257 e. The molecule has 0 bridgehead atoms. The maximum atomic E-state index is 11.7. The number of nitrogens with zero attached hydrogens (tertiary/aromatic N) is 1. The van der Waals surface area contributed by atoms with Crippen LogP contribution in [-0.2, 0) is 4.79 Å². The van der Waals surface area contributed by atoms with E-state index in [1.54, 1.807) is 13.2 Å². The molecule has 1 heterocycles. The Morgan fingerprint density at radius 1 is 1.38 bits per heavy atom. The first-order valence-corrected chi connectivity index (χ1v) is 5.11. The van der Waals surface area contributed by atoms with Gasteiger partial charge in [-0.05, 0) is 19.1 Å². The van der Waals surface area contributed by atoms with Crippen LogP contribution in [0.2, 0.25) is 0 Å². The van der Waals surface area contributed by atoms with Crippen molar-refractivity contribution in [3.63, 3.8) is 0 Å². The number of amides is 1. The quantitative estimate of drug-likeness (QED) is 0.759. The first-order valence-electron chi connectivity index (χ1n) is 5.11. The molecule has 1 aliphatic heterocycles. The summed E-state index contributed by atoms with van der Waals surface area (Å²) in [4.78, 5) is 15.5. The predicted octanol–water partition coefficient (Wildman–Crippen LogP) is 2.25. The molecule has 1 aromatic rings. The van der Waals surface area contributed by atoms with Gasteiger partial charge in [0, 0.05) is 11.8 Å². The lowest BCUT2D eigenvalue weighted by atomic mass is 9.94. The Bertz CT molecular complexity index is 475. The Kier molecular flexibility index (Phi) is 2.86. The monoisotopic (exact) mass is 215 g/mol. The molecule has 1 unspecified atom stereocenters. The molecule has 1 aromatic carbocycles. The molecule has 3 nitrogen and oxygen atoms in total. The summed E-state index contributed by atoms with van der Waals surface area (Å²) in [6.45, 7) is 1.99. The second-order valence-electron chi connectivity index (χ2n) is 3.72. The smallest absolute Gasteiger partial charge is 0.257 e. The molecule has 0 N–H and O–H groups in total. The molecular weight excluding hydrogens is 202 g/mol. The number of hydrogen-bond donors (Lipinski definition) is 0.